The molecule has 1 aromatic rings. The van der Waals surface area contributed by atoms with Crippen molar-refractivity contribution >= 4 is 33.2 Å². The minimum Gasteiger partial charge on any atom is -0.242 e. The Morgan fingerprint density at radius 2 is 2.10 bits per heavy atom. The predicted molar refractivity (Wildman–Crippen MR) is 80.6 cm³/mol. The quantitative estimate of drug-likeness (QED) is 0.792. The lowest BCUT2D eigenvalue weighted by Gasteiger charge is -2.20. The molecule has 1 aromatic heterocycles. The Morgan fingerprint density at radius 3 is 2.75 bits per heavy atom. The summed E-state index contributed by atoms with van der Waals surface area (Å²) in [6.45, 7) is 3.26. The first-order chi connectivity index (χ1) is 9.45. The standard InChI is InChI=1S/C13H18Cl2N2O2S/c1-2-10-4-3-6-17(7-5-10)20(18,19)11-8-12(14)13(15)16-9-11/h8-10H,2-7H2,1H3. The molecule has 2 rings (SSSR count). The summed E-state index contributed by atoms with van der Waals surface area (Å²) in [5.74, 6) is 0.613. The van der Waals surface area contributed by atoms with Crippen LogP contribution in [0, 0.1) is 5.92 Å². The van der Waals surface area contributed by atoms with Gasteiger partial charge in [0.15, 0.2) is 0 Å². The maximum Gasteiger partial charge on any atom is 0.244 e. The fourth-order valence-electron chi connectivity index (χ4n) is 2.48. The van der Waals surface area contributed by atoms with Gasteiger partial charge in [-0.2, -0.15) is 4.31 Å². The zero-order valence-electron chi connectivity index (χ0n) is 11.3. The van der Waals surface area contributed by atoms with Gasteiger partial charge in [0, 0.05) is 19.3 Å². The Balaban J connectivity index is 2.23. The molecule has 1 saturated heterocycles. The molecule has 0 N–H and O–H groups in total. The Bertz CT molecular complexity index is 578. The highest BCUT2D eigenvalue weighted by Gasteiger charge is 2.27. The molecule has 1 aliphatic rings. The topological polar surface area (TPSA) is 50.3 Å². The van der Waals surface area contributed by atoms with Gasteiger partial charge in [0.25, 0.3) is 0 Å². The van der Waals surface area contributed by atoms with Crippen molar-refractivity contribution in [2.45, 2.75) is 37.5 Å². The summed E-state index contributed by atoms with van der Waals surface area (Å²) in [4.78, 5) is 3.93. The van der Waals surface area contributed by atoms with E-state index in [0.717, 1.165) is 25.7 Å². The summed E-state index contributed by atoms with van der Waals surface area (Å²) in [6, 6.07) is 1.37. The van der Waals surface area contributed by atoms with Crippen molar-refractivity contribution in [2.24, 2.45) is 5.92 Å². The molecule has 4 nitrogen and oxygen atoms in total. The second-order valence-electron chi connectivity index (χ2n) is 5.05. The number of halogens is 2. The number of pyridine rings is 1. The van der Waals surface area contributed by atoms with Gasteiger partial charge < -0.3 is 0 Å². The molecule has 0 amide bonds. The first-order valence-corrected chi connectivity index (χ1v) is 8.96. The van der Waals surface area contributed by atoms with Gasteiger partial charge in [0.1, 0.15) is 10.0 Å². The van der Waals surface area contributed by atoms with Crippen LogP contribution < -0.4 is 0 Å². The Labute approximate surface area is 130 Å². The summed E-state index contributed by atoms with van der Waals surface area (Å²) in [6.07, 6.45) is 5.26. The number of nitrogens with zero attached hydrogens (tertiary/aromatic N) is 2. The Kier molecular flexibility index (Phi) is 5.29. The smallest absolute Gasteiger partial charge is 0.242 e. The maximum absolute atomic E-state index is 12.6. The van der Waals surface area contributed by atoms with Gasteiger partial charge in [-0.15, -0.1) is 0 Å². The molecular weight excluding hydrogens is 319 g/mol. The van der Waals surface area contributed by atoms with Crippen LogP contribution in [0.3, 0.4) is 0 Å². The molecule has 7 heteroatoms. The maximum atomic E-state index is 12.6. The monoisotopic (exact) mass is 336 g/mol. The summed E-state index contributed by atoms with van der Waals surface area (Å²) >= 11 is 11.6. The van der Waals surface area contributed by atoms with E-state index in [0.29, 0.717) is 19.0 Å². The lowest BCUT2D eigenvalue weighted by Crippen LogP contribution is -2.32. The molecular formula is C13H18Cl2N2O2S. The van der Waals surface area contributed by atoms with Crippen molar-refractivity contribution in [3.05, 3.63) is 22.4 Å². The fraction of sp³-hybridized carbons (Fsp3) is 0.615. The molecule has 0 bridgehead atoms. The van der Waals surface area contributed by atoms with Crippen molar-refractivity contribution in [3.63, 3.8) is 0 Å². The van der Waals surface area contributed by atoms with E-state index in [1.54, 1.807) is 0 Å². The first-order valence-electron chi connectivity index (χ1n) is 6.76. The van der Waals surface area contributed by atoms with Gasteiger partial charge in [0.2, 0.25) is 10.0 Å². The molecule has 1 fully saturated rings. The third kappa shape index (κ3) is 3.45. The summed E-state index contributed by atoms with van der Waals surface area (Å²) in [5.41, 5.74) is 0. The second-order valence-corrected chi connectivity index (χ2v) is 7.76. The normalized spacial score (nSPS) is 21.6. The molecule has 1 aliphatic heterocycles. The van der Waals surface area contributed by atoms with Crippen LogP contribution in [0.4, 0.5) is 0 Å². The van der Waals surface area contributed by atoms with Crippen LogP contribution >= 0.6 is 23.2 Å². The minimum absolute atomic E-state index is 0.113. The van der Waals surface area contributed by atoms with Gasteiger partial charge in [-0.25, -0.2) is 13.4 Å². The van der Waals surface area contributed by atoms with E-state index < -0.39 is 10.0 Å². The van der Waals surface area contributed by atoms with Crippen LogP contribution in [0.15, 0.2) is 17.2 Å². The van der Waals surface area contributed by atoms with E-state index in [1.165, 1.54) is 16.6 Å². The van der Waals surface area contributed by atoms with Gasteiger partial charge in [0.05, 0.1) is 5.02 Å². The average Bonchev–Trinajstić information content (AvgIpc) is 2.67. The highest BCUT2D eigenvalue weighted by Crippen LogP contribution is 2.27. The fourth-order valence-corrected chi connectivity index (χ4v) is 4.28. The van der Waals surface area contributed by atoms with Gasteiger partial charge in [-0.05, 0) is 31.2 Å². The lowest BCUT2D eigenvalue weighted by atomic mass is 9.98. The van der Waals surface area contributed by atoms with Crippen LogP contribution in [-0.4, -0.2) is 30.8 Å². The molecule has 0 spiro atoms. The molecule has 0 radical (unpaired) electrons. The van der Waals surface area contributed by atoms with Crippen LogP contribution in [0.5, 0.6) is 0 Å². The SMILES string of the molecule is CCC1CCCN(S(=O)(=O)c2cnc(Cl)c(Cl)c2)CC1. The second kappa shape index (κ2) is 6.60. The molecule has 112 valence electrons. The van der Waals surface area contributed by atoms with E-state index in [2.05, 4.69) is 11.9 Å². The van der Waals surface area contributed by atoms with Crippen molar-refractivity contribution in [1.82, 2.24) is 9.29 Å². The van der Waals surface area contributed by atoms with E-state index in [1.807, 2.05) is 0 Å². The van der Waals surface area contributed by atoms with Gasteiger partial charge >= 0.3 is 0 Å². The molecule has 2 heterocycles. The molecule has 20 heavy (non-hydrogen) atoms. The lowest BCUT2D eigenvalue weighted by molar-refractivity contribution is 0.407. The number of hydrogen-bond acceptors (Lipinski definition) is 3. The zero-order chi connectivity index (χ0) is 14.8. The van der Waals surface area contributed by atoms with Gasteiger partial charge in [-0.3, -0.25) is 0 Å². The van der Waals surface area contributed by atoms with E-state index >= 15 is 0 Å². The van der Waals surface area contributed by atoms with Crippen molar-refractivity contribution in [2.75, 3.05) is 13.1 Å². The molecule has 0 aromatic carbocycles. The first kappa shape index (κ1) is 16.0. The number of hydrogen-bond donors (Lipinski definition) is 0. The minimum atomic E-state index is -3.53. The van der Waals surface area contributed by atoms with Crippen LogP contribution in [0.1, 0.15) is 32.6 Å². The largest absolute Gasteiger partial charge is 0.244 e. The molecule has 0 saturated carbocycles. The van der Waals surface area contributed by atoms with Gasteiger partial charge in [-0.1, -0.05) is 36.5 Å². The summed E-state index contributed by atoms with van der Waals surface area (Å²) < 4.78 is 26.7. The molecule has 1 atom stereocenters. The molecule has 0 aliphatic carbocycles. The Morgan fingerprint density at radius 1 is 1.35 bits per heavy atom. The van der Waals surface area contributed by atoms with Crippen molar-refractivity contribution < 1.29 is 8.42 Å². The van der Waals surface area contributed by atoms with Crippen LogP contribution in [-0.2, 0) is 10.0 Å². The van der Waals surface area contributed by atoms with Crippen LogP contribution in [0.25, 0.3) is 0 Å². The van der Waals surface area contributed by atoms with E-state index in [4.69, 9.17) is 23.2 Å². The van der Waals surface area contributed by atoms with Crippen molar-refractivity contribution in [3.8, 4) is 0 Å². The van der Waals surface area contributed by atoms with E-state index in [-0.39, 0.29) is 15.1 Å². The number of sulfonamides is 1. The highest BCUT2D eigenvalue weighted by atomic mass is 35.5. The Hall–Kier alpha value is -0.360. The number of rotatable bonds is 3. The highest BCUT2D eigenvalue weighted by molar-refractivity contribution is 7.89. The third-order valence-electron chi connectivity index (χ3n) is 3.79. The summed E-state index contributed by atoms with van der Waals surface area (Å²) in [7, 11) is -3.53. The average molecular weight is 337 g/mol. The van der Waals surface area contributed by atoms with E-state index in [9.17, 15) is 8.42 Å². The number of aromatic nitrogens is 1. The predicted octanol–water partition coefficient (Wildman–Crippen LogP) is 3.59. The molecule has 1 unspecified atom stereocenters. The third-order valence-corrected chi connectivity index (χ3v) is 6.34. The van der Waals surface area contributed by atoms with Crippen molar-refractivity contribution in [1.29, 1.82) is 0 Å². The summed E-state index contributed by atoms with van der Waals surface area (Å²) in [5, 5.41) is 0.279. The van der Waals surface area contributed by atoms with Crippen LogP contribution in [0.2, 0.25) is 10.2 Å². The zero-order valence-corrected chi connectivity index (χ0v) is 13.7.